The number of nitrogens with zero attached hydrogens (tertiary/aromatic N) is 2. The summed E-state index contributed by atoms with van der Waals surface area (Å²) in [6.07, 6.45) is 5.88. The summed E-state index contributed by atoms with van der Waals surface area (Å²) in [5.41, 5.74) is 1.72. The third-order valence-electron chi connectivity index (χ3n) is 3.29. The van der Waals surface area contributed by atoms with Crippen LogP contribution in [0.5, 0.6) is 0 Å². The highest BCUT2D eigenvalue weighted by atomic mass is 31.2. The van der Waals surface area contributed by atoms with Gasteiger partial charge in [-0.1, -0.05) is 0 Å². The lowest BCUT2D eigenvalue weighted by atomic mass is 10.0. The quantitative estimate of drug-likeness (QED) is 0.362. The predicted octanol–water partition coefficient (Wildman–Crippen LogP) is 1.63. The minimum atomic E-state index is -4.68. The number of hydrogen-bond acceptors (Lipinski definition) is 6. The SMILES string of the molecule is CC1=C(O)/C(=C\N=C(CF)Cc2cnc[nH]2)C(COP(=O)(O)O)=CN1. The van der Waals surface area contributed by atoms with Crippen LogP contribution in [0.15, 0.2) is 52.5 Å². The molecule has 9 nitrogen and oxygen atoms in total. The molecule has 1 aliphatic heterocycles. The highest BCUT2D eigenvalue weighted by Crippen LogP contribution is 2.37. The number of halogens is 1. The first kappa shape index (κ1) is 19.1. The molecule has 0 radical (unpaired) electrons. The Kier molecular flexibility index (Phi) is 6.27. The zero-order chi connectivity index (χ0) is 18.4. The molecule has 1 aromatic rings. The van der Waals surface area contributed by atoms with Gasteiger partial charge in [-0.2, -0.15) is 0 Å². The van der Waals surface area contributed by atoms with Gasteiger partial charge < -0.3 is 25.2 Å². The van der Waals surface area contributed by atoms with Crippen LogP contribution in [-0.4, -0.2) is 43.9 Å². The van der Waals surface area contributed by atoms with Crippen LogP contribution < -0.4 is 5.32 Å². The number of alkyl halides is 1. The number of hydrogen-bond donors (Lipinski definition) is 5. The third kappa shape index (κ3) is 5.64. The Hall–Kier alpha value is -2.26. The molecule has 25 heavy (non-hydrogen) atoms. The molecule has 0 unspecified atom stereocenters. The van der Waals surface area contributed by atoms with Crippen LogP contribution in [-0.2, 0) is 15.5 Å². The van der Waals surface area contributed by atoms with Crippen LogP contribution in [0.2, 0.25) is 0 Å². The number of aliphatic hydroxyl groups is 1. The first-order valence-electron chi connectivity index (χ1n) is 7.15. The van der Waals surface area contributed by atoms with E-state index >= 15 is 0 Å². The number of nitrogens with one attached hydrogen (secondary N) is 2. The van der Waals surface area contributed by atoms with Crippen molar-refractivity contribution < 1.29 is 28.4 Å². The zero-order valence-corrected chi connectivity index (χ0v) is 14.2. The second kappa shape index (κ2) is 8.21. The first-order chi connectivity index (χ1) is 11.8. The van der Waals surface area contributed by atoms with Crippen molar-refractivity contribution in [3.8, 4) is 0 Å². The van der Waals surface area contributed by atoms with Crippen molar-refractivity contribution in [3.63, 3.8) is 0 Å². The van der Waals surface area contributed by atoms with Crippen LogP contribution in [0.1, 0.15) is 12.6 Å². The minimum Gasteiger partial charge on any atom is -0.505 e. The maximum absolute atomic E-state index is 13.2. The Balaban J connectivity index is 2.24. The van der Waals surface area contributed by atoms with E-state index in [1.165, 1.54) is 18.7 Å². The number of aromatic nitrogens is 2. The van der Waals surface area contributed by atoms with Crippen molar-refractivity contribution in [2.75, 3.05) is 13.3 Å². The highest BCUT2D eigenvalue weighted by Gasteiger charge is 2.21. The normalized spacial score (nSPS) is 17.7. The number of aromatic amines is 1. The Morgan fingerprint density at radius 2 is 2.28 bits per heavy atom. The van der Waals surface area contributed by atoms with E-state index in [0.29, 0.717) is 11.4 Å². The van der Waals surface area contributed by atoms with Gasteiger partial charge in [-0.3, -0.25) is 9.52 Å². The fourth-order valence-corrected chi connectivity index (χ4v) is 2.30. The lowest BCUT2D eigenvalue weighted by Gasteiger charge is -2.19. The number of dihydropyridines is 1. The molecule has 1 aromatic heterocycles. The summed E-state index contributed by atoms with van der Waals surface area (Å²) in [5.74, 6) is -0.171. The molecule has 0 aromatic carbocycles. The summed E-state index contributed by atoms with van der Waals surface area (Å²) in [6.45, 7) is 0.342. The molecular weight excluding hydrogens is 354 g/mol. The topological polar surface area (TPSA) is 140 Å². The predicted molar refractivity (Wildman–Crippen MR) is 88.3 cm³/mol. The lowest BCUT2D eigenvalue weighted by Crippen LogP contribution is -2.17. The average Bonchev–Trinajstić information content (AvgIpc) is 3.06. The number of allylic oxidation sites excluding steroid dienone is 2. The number of imidazole rings is 1. The smallest absolute Gasteiger partial charge is 0.469 e. The minimum absolute atomic E-state index is 0.171. The van der Waals surface area contributed by atoms with E-state index in [1.54, 1.807) is 13.1 Å². The van der Waals surface area contributed by atoms with Gasteiger partial charge in [0.15, 0.2) is 0 Å². The molecule has 0 atom stereocenters. The first-order valence-corrected chi connectivity index (χ1v) is 8.68. The Labute approximate surface area is 142 Å². The highest BCUT2D eigenvalue weighted by molar-refractivity contribution is 7.46. The second-order valence-electron chi connectivity index (χ2n) is 5.18. The second-order valence-corrected chi connectivity index (χ2v) is 6.42. The molecule has 136 valence electrons. The van der Waals surface area contributed by atoms with E-state index in [0.717, 1.165) is 0 Å². The maximum atomic E-state index is 13.2. The van der Waals surface area contributed by atoms with E-state index in [9.17, 15) is 14.1 Å². The van der Waals surface area contributed by atoms with E-state index in [2.05, 4.69) is 24.8 Å². The van der Waals surface area contributed by atoms with Gasteiger partial charge in [0.1, 0.15) is 12.4 Å². The fourth-order valence-electron chi connectivity index (χ4n) is 2.00. The number of H-pyrrole nitrogens is 1. The summed E-state index contributed by atoms with van der Waals surface area (Å²) in [6, 6.07) is 0. The molecule has 0 aliphatic carbocycles. The summed E-state index contributed by atoms with van der Waals surface area (Å²) in [7, 11) is -4.68. The van der Waals surface area contributed by atoms with E-state index in [4.69, 9.17) is 9.79 Å². The molecular formula is C14H18FN4O5P. The Morgan fingerprint density at radius 3 is 2.88 bits per heavy atom. The molecule has 2 heterocycles. The van der Waals surface area contributed by atoms with Crippen LogP contribution in [0.3, 0.4) is 0 Å². The van der Waals surface area contributed by atoms with Gasteiger partial charge >= 0.3 is 7.82 Å². The number of phosphoric ester groups is 1. The van der Waals surface area contributed by atoms with Crippen molar-refractivity contribution in [1.29, 1.82) is 0 Å². The standard InChI is InChI=1S/C14H18FN4O5P/c1-9-14(20)13(10(4-17-9)7-24-25(21,22)23)6-18-11(3-15)2-12-5-16-8-19-12/h4-6,8,17,20H,2-3,7H2,1H3,(H,16,19)(H2,21,22,23)/b13-6-,18-11?. The Bertz CT molecular complexity index is 779. The number of aliphatic imine (C=N–C) groups is 1. The molecule has 1 aliphatic rings. The zero-order valence-electron chi connectivity index (χ0n) is 13.3. The van der Waals surface area contributed by atoms with Crippen LogP contribution >= 0.6 is 7.82 Å². The summed E-state index contributed by atoms with van der Waals surface area (Å²) >= 11 is 0. The molecule has 2 rings (SSSR count). The molecule has 0 spiro atoms. The van der Waals surface area contributed by atoms with Gasteiger partial charge in [0, 0.05) is 41.9 Å². The Morgan fingerprint density at radius 1 is 1.52 bits per heavy atom. The molecule has 0 amide bonds. The lowest BCUT2D eigenvalue weighted by molar-refractivity contribution is 0.211. The molecule has 5 N–H and O–H groups in total. The van der Waals surface area contributed by atoms with Crippen LogP contribution in [0.25, 0.3) is 0 Å². The largest absolute Gasteiger partial charge is 0.505 e. The van der Waals surface area contributed by atoms with Gasteiger partial charge in [0.2, 0.25) is 0 Å². The summed E-state index contributed by atoms with van der Waals surface area (Å²) < 4.78 is 28.5. The van der Waals surface area contributed by atoms with Gasteiger partial charge in [-0.25, -0.2) is 13.9 Å². The summed E-state index contributed by atoms with van der Waals surface area (Å²) in [4.78, 5) is 28.3. The molecule has 0 fully saturated rings. The molecule has 11 heteroatoms. The summed E-state index contributed by atoms with van der Waals surface area (Å²) in [5, 5.41) is 12.9. The molecule has 0 bridgehead atoms. The van der Waals surface area contributed by atoms with Crippen molar-refractivity contribution in [1.82, 2.24) is 15.3 Å². The van der Waals surface area contributed by atoms with Crippen molar-refractivity contribution >= 4 is 13.5 Å². The van der Waals surface area contributed by atoms with Crippen molar-refractivity contribution in [2.24, 2.45) is 4.99 Å². The van der Waals surface area contributed by atoms with Crippen LogP contribution in [0.4, 0.5) is 4.39 Å². The maximum Gasteiger partial charge on any atom is 0.469 e. The fraction of sp³-hybridized carbons (Fsp3) is 0.286. The van der Waals surface area contributed by atoms with Gasteiger partial charge in [-0.15, -0.1) is 0 Å². The van der Waals surface area contributed by atoms with Gasteiger partial charge in [0.25, 0.3) is 0 Å². The number of rotatable bonds is 7. The number of phosphoric acid groups is 1. The monoisotopic (exact) mass is 372 g/mol. The number of aliphatic hydroxyl groups excluding tert-OH is 1. The molecule has 0 saturated carbocycles. The van der Waals surface area contributed by atoms with E-state index in [-0.39, 0.29) is 29.0 Å². The van der Waals surface area contributed by atoms with E-state index < -0.39 is 21.1 Å². The van der Waals surface area contributed by atoms with Gasteiger partial charge in [-0.05, 0) is 6.92 Å². The van der Waals surface area contributed by atoms with Crippen molar-refractivity contribution in [3.05, 3.63) is 53.2 Å². The van der Waals surface area contributed by atoms with E-state index in [1.807, 2.05) is 0 Å². The third-order valence-corrected chi connectivity index (χ3v) is 3.75. The van der Waals surface area contributed by atoms with Crippen LogP contribution in [0, 0.1) is 0 Å². The van der Waals surface area contributed by atoms with Crippen molar-refractivity contribution in [2.45, 2.75) is 13.3 Å². The molecule has 0 saturated heterocycles. The average molecular weight is 372 g/mol. The van der Waals surface area contributed by atoms with Gasteiger partial charge in [0.05, 0.1) is 24.3 Å².